The van der Waals surface area contributed by atoms with Gasteiger partial charge in [0, 0.05) is 13.1 Å². The Kier molecular flexibility index (Phi) is 7.39. The first kappa shape index (κ1) is 14.4. The van der Waals surface area contributed by atoms with E-state index in [1.165, 1.54) is 12.8 Å². The minimum absolute atomic E-state index is 0.131. The summed E-state index contributed by atoms with van der Waals surface area (Å²) in [6, 6.07) is 0. The molecule has 3 heteroatoms. The van der Waals surface area contributed by atoms with Gasteiger partial charge in [-0.05, 0) is 19.3 Å². The smallest absolute Gasteiger partial charge is 0.227 e. The number of amides is 1. The van der Waals surface area contributed by atoms with E-state index in [9.17, 15) is 4.79 Å². The van der Waals surface area contributed by atoms with Crippen LogP contribution in [0.1, 0.15) is 52.9 Å². The zero-order valence-electron chi connectivity index (χ0n) is 10.4. The van der Waals surface area contributed by atoms with Crippen LogP contribution in [0, 0.1) is 5.41 Å². The summed E-state index contributed by atoms with van der Waals surface area (Å²) in [7, 11) is 0. The van der Waals surface area contributed by atoms with Gasteiger partial charge < -0.3 is 11.1 Å². The van der Waals surface area contributed by atoms with Crippen molar-refractivity contribution >= 4 is 5.91 Å². The van der Waals surface area contributed by atoms with Crippen molar-refractivity contribution in [1.29, 1.82) is 0 Å². The van der Waals surface area contributed by atoms with E-state index in [-0.39, 0.29) is 11.3 Å². The van der Waals surface area contributed by atoms with E-state index in [1.807, 2.05) is 13.8 Å². The van der Waals surface area contributed by atoms with Crippen molar-refractivity contribution in [2.45, 2.75) is 52.9 Å². The Morgan fingerprint density at radius 2 is 1.80 bits per heavy atom. The number of hydrogen-bond acceptors (Lipinski definition) is 2. The summed E-state index contributed by atoms with van der Waals surface area (Å²) in [4.78, 5) is 11.9. The number of carbonyl (C=O) groups excluding carboxylic acids is 1. The summed E-state index contributed by atoms with van der Waals surface area (Å²) in [5, 5.41) is 2.99. The van der Waals surface area contributed by atoms with Gasteiger partial charge in [-0.3, -0.25) is 4.79 Å². The first-order valence-electron chi connectivity index (χ1n) is 6.15. The van der Waals surface area contributed by atoms with E-state index in [2.05, 4.69) is 12.2 Å². The minimum Gasteiger partial charge on any atom is -0.356 e. The third kappa shape index (κ3) is 4.20. The molecule has 0 atom stereocenters. The van der Waals surface area contributed by atoms with Crippen molar-refractivity contribution in [3.63, 3.8) is 0 Å². The molecular weight excluding hydrogens is 188 g/mol. The second-order valence-electron chi connectivity index (χ2n) is 4.15. The molecular formula is C12H26N2O. The molecule has 0 aromatic carbocycles. The quantitative estimate of drug-likeness (QED) is 0.608. The molecule has 0 aliphatic rings. The summed E-state index contributed by atoms with van der Waals surface area (Å²) in [5.74, 6) is 0.131. The van der Waals surface area contributed by atoms with Crippen LogP contribution < -0.4 is 11.1 Å². The van der Waals surface area contributed by atoms with E-state index in [0.717, 1.165) is 25.8 Å². The highest BCUT2D eigenvalue weighted by molar-refractivity contribution is 5.82. The molecule has 0 aromatic heterocycles. The molecule has 3 nitrogen and oxygen atoms in total. The van der Waals surface area contributed by atoms with Crippen molar-refractivity contribution < 1.29 is 4.79 Å². The van der Waals surface area contributed by atoms with Gasteiger partial charge >= 0.3 is 0 Å². The molecule has 0 saturated heterocycles. The van der Waals surface area contributed by atoms with Crippen LogP contribution in [0.4, 0.5) is 0 Å². The molecule has 90 valence electrons. The highest BCUT2D eigenvalue weighted by Gasteiger charge is 2.32. The van der Waals surface area contributed by atoms with Crippen LogP contribution in [0.2, 0.25) is 0 Å². The average molecular weight is 214 g/mol. The Morgan fingerprint density at radius 3 is 2.20 bits per heavy atom. The topological polar surface area (TPSA) is 55.1 Å². The van der Waals surface area contributed by atoms with Crippen LogP contribution in [0.5, 0.6) is 0 Å². The zero-order valence-corrected chi connectivity index (χ0v) is 10.4. The van der Waals surface area contributed by atoms with Crippen molar-refractivity contribution in [2.24, 2.45) is 11.1 Å². The largest absolute Gasteiger partial charge is 0.356 e. The third-order valence-electron chi connectivity index (χ3n) is 3.29. The van der Waals surface area contributed by atoms with Crippen molar-refractivity contribution in [3.05, 3.63) is 0 Å². The fourth-order valence-corrected chi connectivity index (χ4v) is 1.72. The molecule has 0 unspecified atom stereocenters. The summed E-state index contributed by atoms with van der Waals surface area (Å²) in [6.07, 6.45) is 5.06. The number of nitrogens with two attached hydrogens (primary N) is 1. The standard InChI is InChI=1S/C12H26N2O/c1-4-7-8-9-14-11(15)12(5-2,6-3)10-13/h4-10,13H2,1-3H3,(H,14,15). The molecule has 0 bridgehead atoms. The molecule has 1 amide bonds. The maximum Gasteiger partial charge on any atom is 0.227 e. The molecule has 0 aliphatic heterocycles. The van der Waals surface area contributed by atoms with Gasteiger partial charge in [0.05, 0.1) is 5.41 Å². The van der Waals surface area contributed by atoms with Gasteiger partial charge in [0.1, 0.15) is 0 Å². The lowest BCUT2D eigenvalue weighted by molar-refractivity contribution is -0.131. The van der Waals surface area contributed by atoms with E-state index in [1.54, 1.807) is 0 Å². The maximum atomic E-state index is 11.9. The second kappa shape index (κ2) is 7.69. The zero-order chi connectivity index (χ0) is 11.7. The first-order valence-corrected chi connectivity index (χ1v) is 6.15. The summed E-state index contributed by atoms with van der Waals surface area (Å²) in [5.41, 5.74) is 5.36. The fraction of sp³-hybridized carbons (Fsp3) is 0.917. The molecule has 15 heavy (non-hydrogen) atoms. The summed E-state index contributed by atoms with van der Waals surface area (Å²) in [6.45, 7) is 7.45. The van der Waals surface area contributed by atoms with Crippen LogP contribution in [0.25, 0.3) is 0 Å². The van der Waals surface area contributed by atoms with E-state index in [4.69, 9.17) is 5.73 Å². The lowest BCUT2D eigenvalue weighted by Gasteiger charge is -2.28. The molecule has 3 N–H and O–H groups in total. The van der Waals surface area contributed by atoms with Gasteiger partial charge in [-0.1, -0.05) is 33.6 Å². The predicted octanol–water partition coefficient (Wildman–Crippen LogP) is 2.06. The Morgan fingerprint density at radius 1 is 1.20 bits per heavy atom. The minimum atomic E-state index is -0.341. The van der Waals surface area contributed by atoms with Crippen LogP contribution in [-0.2, 0) is 4.79 Å². The van der Waals surface area contributed by atoms with Crippen LogP contribution >= 0.6 is 0 Å². The van der Waals surface area contributed by atoms with Crippen LogP contribution in [0.3, 0.4) is 0 Å². The summed E-state index contributed by atoms with van der Waals surface area (Å²) < 4.78 is 0. The molecule has 0 aromatic rings. The Balaban J connectivity index is 4.04. The third-order valence-corrected chi connectivity index (χ3v) is 3.29. The molecule has 0 rings (SSSR count). The van der Waals surface area contributed by atoms with Crippen molar-refractivity contribution in [2.75, 3.05) is 13.1 Å². The van der Waals surface area contributed by atoms with Crippen LogP contribution in [-0.4, -0.2) is 19.0 Å². The number of hydrogen-bond donors (Lipinski definition) is 2. The Labute approximate surface area is 93.8 Å². The predicted molar refractivity (Wildman–Crippen MR) is 64.6 cm³/mol. The second-order valence-corrected chi connectivity index (χ2v) is 4.15. The molecule has 0 radical (unpaired) electrons. The van der Waals surface area contributed by atoms with Gasteiger partial charge in [0.2, 0.25) is 5.91 Å². The lowest BCUT2D eigenvalue weighted by atomic mass is 9.81. The van der Waals surface area contributed by atoms with Gasteiger partial charge in [-0.2, -0.15) is 0 Å². The monoisotopic (exact) mass is 214 g/mol. The van der Waals surface area contributed by atoms with Gasteiger partial charge in [-0.25, -0.2) is 0 Å². The van der Waals surface area contributed by atoms with Crippen molar-refractivity contribution in [3.8, 4) is 0 Å². The molecule has 0 spiro atoms. The Bertz CT molecular complexity index is 168. The number of unbranched alkanes of at least 4 members (excludes halogenated alkanes) is 2. The van der Waals surface area contributed by atoms with Gasteiger partial charge in [-0.15, -0.1) is 0 Å². The van der Waals surface area contributed by atoms with E-state index < -0.39 is 0 Å². The lowest BCUT2D eigenvalue weighted by Crippen LogP contribution is -2.45. The highest BCUT2D eigenvalue weighted by atomic mass is 16.2. The number of nitrogens with one attached hydrogen (secondary N) is 1. The Hall–Kier alpha value is -0.570. The molecule has 0 heterocycles. The maximum absolute atomic E-state index is 11.9. The molecule has 0 fully saturated rings. The fourth-order valence-electron chi connectivity index (χ4n) is 1.72. The van der Waals surface area contributed by atoms with Crippen molar-refractivity contribution in [1.82, 2.24) is 5.32 Å². The summed E-state index contributed by atoms with van der Waals surface area (Å²) >= 11 is 0. The SMILES string of the molecule is CCCCCNC(=O)C(CC)(CC)CN. The van der Waals surface area contributed by atoms with E-state index in [0.29, 0.717) is 6.54 Å². The highest BCUT2D eigenvalue weighted by Crippen LogP contribution is 2.24. The first-order chi connectivity index (χ1) is 7.16. The normalized spacial score (nSPS) is 11.5. The molecule has 0 saturated carbocycles. The number of carbonyl (C=O) groups is 1. The van der Waals surface area contributed by atoms with Gasteiger partial charge in [0.25, 0.3) is 0 Å². The van der Waals surface area contributed by atoms with Gasteiger partial charge in [0.15, 0.2) is 0 Å². The van der Waals surface area contributed by atoms with Crippen LogP contribution in [0.15, 0.2) is 0 Å². The molecule has 0 aliphatic carbocycles. The number of rotatable bonds is 8. The average Bonchev–Trinajstić information content (AvgIpc) is 2.28. The van der Waals surface area contributed by atoms with E-state index >= 15 is 0 Å².